The van der Waals surface area contributed by atoms with Crippen molar-refractivity contribution in [3.63, 3.8) is 0 Å². The summed E-state index contributed by atoms with van der Waals surface area (Å²) in [4.78, 5) is 0. The van der Waals surface area contributed by atoms with Crippen LogP contribution in [-0.4, -0.2) is 25.7 Å². The monoisotopic (exact) mass is 244 g/mol. The SMILES string of the molecule is CC1Cc2cc3c(cc2N1)C1(CCNCC1)CO3. The Labute approximate surface area is 108 Å². The summed E-state index contributed by atoms with van der Waals surface area (Å²) in [6, 6.07) is 5.20. The van der Waals surface area contributed by atoms with Gasteiger partial charge in [-0.15, -0.1) is 0 Å². The number of fused-ring (bicyclic) bond motifs is 3. The van der Waals surface area contributed by atoms with Crippen molar-refractivity contribution in [2.24, 2.45) is 0 Å². The maximum absolute atomic E-state index is 6.00. The van der Waals surface area contributed by atoms with Gasteiger partial charge in [-0.25, -0.2) is 0 Å². The van der Waals surface area contributed by atoms with E-state index in [-0.39, 0.29) is 5.41 Å². The topological polar surface area (TPSA) is 33.3 Å². The molecule has 4 rings (SSSR count). The molecule has 1 aromatic rings. The molecule has 3 aliphatic heterocycles. The minimum Gasteiger partial charge on any atom is -0.492 e. The van der Waals surface area contributed by atoms with E-state index in [1.807, 2.05) is 0 Å². The second-order valence-electron chi connectivity index (χ2n) is 6.07. The Bertz CT molecular complexity index is 492. The van der Waals surface area contributed by atoms with E-state index in [9.17, 15) is 0 Å². The number of ether oxygens (including phenoxy) is 1. The molecule has 0 amide bonds. The van der Waals surface area contributed by atoms with Crippen LogP contribution in [0.25, 0.3) is 0 Å². The van der Waals surface area contributed by atoms with Gasteiger partial charge in [-0.3, -0.25) is 0 Å². The molecule has 0 radical (unpaired) electrons. The first-order chi connectivity index (χ1) is 8.77. The summed E-state index contributed by atoms with van der Waals surface area (Å²) < 4.78 is 6.00. The first-order valence-electron chi connectivity index (χ1n) is 7.04. The van der Waals surface area contributed by atoms with Crippen LogP contribution in [0.15, 0.2) is 12.1 Å². The van der Waals surface area contributed by atoms with E-state index in [2.05, 4.69) is 29.7 Å². The Balaban J connectivity index is 1.78. The van der Waals surface area contributed by atoms with Gasteiger partial charge < -0.3 is 15.4 Å². The van der Waals surface area contributed by atoms with Crippen molar-refractivity contribution in [2.45, 2.75) is 37.6 Å². The first-order valence-corrected chi connectivity index (χ1v) is 7.04. The van der Waals surface area contributed by atoms with Crippen molar-refractivity contribution < 1.29 is 4.74 Å². The highest BCUT2D eigenvalue weighted by atomic mass is 16.5. The van der Waals surface area contributed by atoms with Gasteiger partial charge in [0.1, 0.15) is 5.75 Å². The van der Waals surface area contributed by atoms with Crippen molar-refractivity contribution in [1.29, 1.82) is 0 Å². The van der Waals surface area contributed by atoms with Gasteiger partial charge >= 0.3 is 0 Å². The van der Waals surface area contributed by atoms with Crippen LogP contribution in [0, 0.1) is 0 Å². The molecule has 1 aromatic carbocycles. The fourth-order valence-corrected chi connectivity index (χ4v) is 3.72. The van der Waals surface area contributed by atoms with Gasteiger partial charge in [0, 0.05) is 22.7 Å². The lowest BCUT2D eigenvalue weighted by Crippen LogP contribution is -2.40. The summed E-state index contributed by atoms with van der Waals surface area (Å²) in [5.41, 5.74) is 4.49. The van der Waals surface area contributed by atoms with Crippen molar-refractivity contribution >= 4 is 5.69 Å². The molecule has 1 unspecified atom stereocenters. The zero-order chi connectivity index (χ0) is 12.2. The summed E-state index contributed by atoms with van der Waals surface area (Å²) in [6.07, 6.45) is 3.53. The van der Waals surface area contributed by atoms with Gasteiger partial charge in [-0.05, 0) is 57.0 Å². The van der Waals surface area contributed by atoms with Crippen molar-refractivity contribution in [3.8, 4) is 5.75 Å². The number of anilines is 1. The highest BCUT2D eigenvalue weighted by Crippen LogP contribution is 2.47. The van der Waals surface area contributed by atoms with E-state index >= 15 is 0 Å². The normalized spacial score (nSPS) is 27.5. The Kier molecular flexibility index (Phi) is 2.16. The first kappa shape index (κ1) is 10.7. The predicted molar refractivity (Wildman–Crippen MR) is 72.5 cm³/mol. The molecular weight excluding hydrogens is 224 g/mol. The van der Waals surface area contributed by atoms with E-state index in [0.29, 0.717) is 6.04 Å². The lowest BCUT2D eigenvalue weighted by atomic mass is 9.74. The van der Waals surface area contributed by atoms with Crippen molar-refractivity contribution in [2.75, 3.05) is 25.0 Å². The molecule has 0 aromatic heterocycles. The van der Waals surface area contributed by atoms with Gasteiger partial charge in [0.2, 0.25) is 0 Å². The Morgan fingerprint density at radius 1 is 1.28 bits per heavy atom. The molecular formula is C15H20N2O. The quantitative estimate of drug-likeness (QED) is 0.733. The van der Waals surface area contributed by atoms with Crippen LogP contribution in [0.3, 0.4) is 0 Å². The molecule has 2 N–H and O–H groups in total. The van der Waals surface area contributed by atoms with E-state index in [4.69, 9.17) is 4.74 Å². The molecule has 3 nitrogen and oxygen atoms in total. The molecule has 1 spiro atoms. The van der Waals surface area contributed by atoms with E-state index in [0.717, 1.165) is 31.9 Å². The highest BCUT2D eigenvalue weighted by Gasteiger charge is 2.42. The van der Waals surface area contributed by atoms with E-state index in [1.165, 1.54) is 29.7 Å². The van der Waals surface area contributed by atoms with Crippen LogP contribution in [0.5, 0.6) is 5.75 Å². The van der Waals surface area contributed by atoms with Gasteiger partial charge in [0.15, 0.2) is 0 Å². The van der Waals surface area contributed by atoms with Gasteiger partial charge in [-0.2, -0.15) is 0 Å². The molecule has 0 aliphatic carbocycles. The number of piperidine rings is 1. The smallest absolute Gasteiger partial charge is 0.123 e. The molecule has 18 heavy (non-hydrogen) atoms. The van der Waals surface area contributed by atoms with Gasteiger partial charge in [0.05, 0.1) is 6.61 Å². The fraction of sp³-hybridized carbons (Fsp3) is 0.600. The Hall–Kier alpha value is -1.22. The average Bonchev–Trinajstić information content (AvgIpc) is 2.89. The molecule has 96 valence electrons. The second kappa shape index (κ2) is 3.64. The third kappa shape index (κ3) is 1.40. The summed E-state index contributed by atoms with van der Waals surface area (Å²) in [7, 11) is 0. The molecule has 3 aliphatic rings. The van der Waals surface area contributed by atoms with Crippen LogP contribution in [-0.2, 0) is 11.8 Å². The highest BCUT2D eigenvalue weighted by molar-refractivity contribution is 5.64. The largest absolute Gasteiger partial charge is 0.492 e. The number of hydrogen-bond donors (Lipinski definition) is 2. The molecule has 1 saturated heterocycles. The van der Waals surface area contributed by atoms with Crippen LogP contribution in [0.1, 0.15) is 30.9 Å². The zero-order valence-corrected chi connectivity index (χ0v) is 10.9. The van der Waals surface area contributed by atoms with Gasteiger partial charge in [0.25, 0.3) is 0 Å². The van der Waals surface area contributed by atoms with E-state index < -0.39 is 0 Å². The van der Waals surface area contributed by atoms with E-state index in [1.54, 1.807) is 0 Å². The number of benzene rings is 1. The Morgan fingerprint density at radius 2 is 2.11 bits per heavy atom. The molecule has 3 heterocycles. The maximum atomic E-state index is 6.00. The lowest BCUT2D eigenvalue weighted by molar-refractivity contribution is 0.220. The number of rotatable bonds is 0. The molecule has 0 saturated carbocycles. The molecule has 1 fully saturated rings. The number of nitrogens with one attached hydrogen (secondary N) is 2. The average molecular weight is 244 g/mol. The summed E-state index contributed by atoms with van der Waals surface area (Å²) >= 11 is 0. The maximum Gasteiger partial charge on any atom is 0.123 e. The van der Waals surface area contributed by atoms with Crippen molar-refractivity contribution in [1.82, 2.24) is 5.32 Å². The molecule has 0 bridgehead atoms. The second-order valence-corrected chi connectivity index (χ2v) is 6.07. The van der Waals surface area contributed by atoms with Crippen molar-refractivity contribution in [3.05, 3.63) is 23.3 Å². The molecule has 1 atom stereocenters. The third-order valence-corrected chi connectivity index (χ3v) is 4.77. The molecule has 3 heteroatoms. The standard InChI is InChI=1S/C15H20N2O/c1-10-6-11-7-14-12(8-13(11)17-10)15(9-18-14)2-4-16-5-3-15/h7-8,10,16-17H,2-6,9H2,1H3. The lowest BCUT2D eigenvalue weighted by Gasteiger charge is -2.32. The third-order valence-electron chi connectivity index (χ3n) is 4.77. The minimum atomic E-state index is 0.281. The van der Waals surface area contributed by atoms with Crippen LogP contribution in [0.2, 0.25) is 0 Å². The zero-order valence-electron chi connectivity index (χ0n) is 10.9. The number of hydrogen-bond acceptors (Lipinski definition) is 3. The summed E-state index contributed by atoms with van der Waals surface area (Å²) in [6.45, 7) is 5.35. The summed E-state index contributed by atoms with van der Waals surface area (Å²) in [5, 5.41) is 7.03. The predicted octanol–water partition coefficient (Wildman–Crippen LogP) is 2.06. The minimum absolute atomic E-state index is 0.281. The summed E-state index contributed by atoms with van der Waals surface area (Å²) in [5.74, 6) is 1.14. The van der Waals surface area contributed by atoms with Crippen LogP contribution in [0.4, 0.5) is 5.69 Å². The van der Waals surface area contributed by atoms with Gasteiger partial charge in [-0.1, -0.05) is 0 Å². The fourth-order valence-electron chi connectivity index (χ4n) is 3.72. The van der Waals surface area contributed by atoms with Crippen LogP contribution < -0.4 is 15.4 Å². The van der Waals surface area contributed by atoms with Crippen LogP contribution >= 0.6 is 0 Å². The Morgan fingerprint density at radius 3 is 2.94 bits per heavy atom.